The van der Waals surface area contributed by atoms with Crippen LogP contribution in [0.3, 0.4) is 0 Å². The minimum Gasteiger partial charge on any atom is -0.360 e. The van der Waals surface area contributed by atoms with Gasteiger partial charge in [-0.05, 0) is 37.2 Å². The molecule has 0 aliphatic rings. The minimum atomic E-state index is -0.375. The molecular formula is C20H22ClN3O2. The van der Waals surface area contributed by atoms with Gasteiger partial charge in [0.15, 0.2) is 0 Å². The van der Waals surface area contributed by atoms with Gasteiger partial charge < -0.3 is 15.6 Å². The molecule has 0 aliphatic heterocycles. The Bertz CT molecular complexity index is 951. The minimum absolute atomic E-state index is 0. The highest BCUT2D eigenvalue weighted by Gasteiger charge is 2.12. The van der Waals surface area contributed by atoms with Crippen LogP contribution in [0.25, 0.3) is 10.9 Å². The number of para-hydroxylation sites is 1. The molecule has 3 rings (SSSR count). The van der Waals surface area contributed by atoms with Crippen LogP contribution in [0.1, 0.15) is 34.5 Å². The van der Waals surface area contributed by atoms with Gasteiger partial charge in [0.1, 0.15) is 5.56 Å². The topological polar surface area (TPSA) is 74.0 Å². The van der Waals surface area contributed by atoms with Gasteiger partial charge in [0.05, 0.1) is 0 Å². The maximum atomic E-state index is 12.4. The molecule has 0 saturated heterocycles. The third kappa shape index (κ3) is 4.12. The highest BCUT2D eigenvalue weighted by atomic mass is 35.5. The van der Waals surface area contributed by atoms with Gasteiger partial charge in [-0.3, -0.25) is 9.59 Å². The Balaban J connectivity index is 0.00000243. The Morgan fingerprint density at radius 1 is 1.12 bits per heavy atom. The molecule has 0 saturated carbocycles. The van der Waals surface area contributed by atoms with Gasteiger partial charge in [-0.2, -0.15) is 0 Å². The van der Waals surface area contributed by atoms with Crippen LogP contribution in [0, 0.1) is 0 Å². The van der Waals surface area contributed by atoms with Crippen LogP contribution >= 0.6 is 12.4 Å². The Labute approximate surface area is 158 Å². The quantitative estimate of drug-likeness (QED) is 0.645. The number of hydrogen-bond acceptors (Lipinski definition) is 3. The second-order valence-electron chi connectivity index (χ2n) is 6.01. The number of carbonyl (C=O) groups excluding carboxylic acids is 1. The fourth-order valence-corrected chi connectivity index (χ4v) is 2.70. The van der Waals surface area contributed by atoms with E-state index in [9.17, 15) is 9.59 Å². The van der Waals surface area contributed by atoms with Gasteiger partial charge >= 0.3 is 0 Å². The molecule has 1 atom stereocenters. The van der Waals surface area contributed by atoms with Crippen molar-refractivity contribution in [2.75, 3.05) is 7.05 Å². The zero-order valence-corrected chi connectivity index (χ0v) is 15.5. The molecule has 1 unspecified atom stereocenters. The number of pyridine rings is 1. The van der Waals surface area contributed by atoms with Crippen LogP contribution in [-0.2, 0) is 6.54 Å². The number of halogens is 1. The lowest BCUT2D eigenvalue weighted by Gasteiger charge is -2.11. The monoisotopic (exact) mass is 371 g/mol. The molecule has 136 valence electrons. The Kier molecular flexibility index (Phi) is 6.55. The molecule has 1 amide bonds. The smallest absolute Gasteiger partial charge is 0.257 e. The number of fused-ring (bicyclic) bond motifs is 1. The third-order valence-electron chi connectivity index (χ3n) is 4.40. The summed E-state index contributed by atoms with van der Waals surface area (Å²) in [5, 5.41) is 6.51. The SMILES string of the molecule is CNC(C)c1ccc(CNC(=O)c2c[nH]c3ccccc3c2=O)cc1.Cl. The van der Waals surface area contributed by atoms with Crippen LogP contribution < -0.4 is 16.1 Å². The standard InChI is InChI=1S/C20H21N3O2.ClH/c1-13(21-2)15-9-7-14(8-10-15)11-23-20(25)17-12-22-18-6-4-3-5-16(18)19(17)24;/h3-10,12-13,21H,11H2,1-2H3,(H,22,24)(H,23,25);1H. The summed E-state index contributed by atoms with van der Waals surface area (Å²) < 4.78 is 0. The van der Waals surface area contributed by atoms with Crippen LogP contribution in [0.15, 0.2) is 59.5 Å². The van der Waals surface area contributed by atoms with Gasteiger partial charge in [0.2, 0.25) is 5.43 Å². The molecule has 3 aromatic rings. The maximum Gasteiger partial charge on any atom is 0.257 e. The lowest BCUT2D eigenvalue weighted by Crippen LogP contribution is -2.28. The van der Waals surface area contributed by atoms with E-state index in [1.165, 1.54) is 11.8 Å². The molecule has 2 aromatic carbocycles. The molecule has 0 spiro atoms. The number of carbonyl (C=O) groups is 1. The first-order chi connectivity index (χ1) is 12.1. The number of amides is 1. The van der Waals surface area contributed by atoms with Crippen molar-refractivity contribution in [1.82, 2.24) is 15.6 Å². The van der Waals surface area contributed by atoms with E-state index in [0.29, 0.717) is 11.9 Å². The molecule has 6 heteroatoms. The molecule has 1 aromatic heterocycles. The van der Waals surface area contributed by atoms with Crippen LogP contribution in [0.2, 0.25) is 0 Å². The van der Waals surface area contributed by atoms with Gasteiger partial charge in [-0.1, -0.05) is 36.4 Å². The van der Waals surface area contributed by atoms with Crippen LogP contribution in [0.5, 0.6) is 0 Å². The first-order valence-corrected chi connectivity index (χ1v) is 8.25. The van der Waals surface area contributed by atoms with Gasteiger partial charge in [-0.15, -0.1) is 12.4 Å². The van der Waals surface area contributed by atoms with Gasteiger partial charge in [0.25, 0.3) is 5.91 Å². The molecule has 0 radical (unpaired) electrons. The largest absolute Gasteiger partial charge is 0.360 e. The second kappa shape index (κ2) is 8.65. The molecule has 26 heavy (non-hydrogen) atoms. The van der Waals surface area contributed by atoms with Crippen molar-refractivity contribution in [1.29, 1.82) is 0 Å². The lowest BCUT2D eigenvalue weighted by molar-refractivity contribution is 0.0949. The third-order valence-corrected chi connectivity index (χ3v) is 4.40. The summed E-state index contributed by atoms with van der Waals surface area (Å²) in [7, 11) is 1.92. The average molecular weight is 372 g/mol. The van der Waals surface area contributed by atoms with E-state index in [1.54, 1.807) is 12.1 Å². The Morgan fingerprint density at radius 2 is 1.81 bits per heavy atom. The molecule has 0 aliphatic carbocycles. The summed E-state index contributed by atoms with van der Waals surface area (Å²) >= 11 is 0. The summed E-state index contributed by atoms with van der Waals surface area (Å²) in [6.45, 7) is 2.46. The summed E-state index contributed by atoms with van der Waals surface area (Å²) in [5.74, 6) is -0.375. The Morgan fingerprint density at radius 3 is 2.50 bits per heavy atom. The van der Waals surface area contributed by atoms with E-state index in [1.807, 2.05) is 43.4 Å². The molecule has 3 N–H and O–H groups in total. The van der Waals surface area contributed by atoms with Crippen molar-refractivity contribution in [2.45, 2.75) is 19.5 Å². The molecule has 1 heterocycles. The predicted molar refractivity (Wildman–Crippen MR) is 107 cm³/mol. The number of nitrogens with one attached hydrogen (secondary N) is 3. The van der Waals surface area contributed by atoms with Gasteiger partial charge in [0, 0.05) is 29.7 Å². The van der Waals surface area contributed by atoms with Crippen molar-refractivity contribution < 1.29 is 4.79 Å². The summed E-state index contributed by atoms with van der Waals surface area (Å²) in [4.78, 5) is 27.8. The van der Waals surface area contributed by atoms with Crippen molar-refractivity contribution in [3.63, 3.8) is 0 Å². The predicted octanol–water partition coefficient (Wildman–Crippen LogP) is 3.16. The first kappa shape index (κ1) is 19.7. The zero-order chi connectivity index (χ0) is 17.8. The number of aromatic nitrogens is 1. The molecule has 0 fully saturated rings. The number of aromatic amines is 1. The number of hydrogen-bond donors (Lipinski definition) is 3. The van der Waals surface area contributed by atoms with Crippen LogP contribution in [0.4, 0.5) is 0 Å². The summed E-state index contributed by atoms with van der Waals surface area (Å²) in [6.07, 6.45) is 1.47. The average Bonchev–Trinajstić information content (AvgIpc) is 2.66. The number of benzene rings is 2. The van der Waals surface area contributed by atoms with Gasteiger partial charge in [-0.25, -0.2) is 0 Å². The number of rotatable bonds is 5. The highest BCUT2D eigenvalue weighted by Crippen LogP contribution is 2.13. The zero-order valence-electron chi connectivity index (χ0n) is 14.7. The molecular weight excluding hydrogens is 350 g/mol. The van der Waals surface area contributed by atoms with E-state index in [4.69, 9.17) is 0 Å². The van der Waals surface area contributed by atoms with E-state index in [2.05, 4.69) is 22.5 Å². The van der Waals surface area contributed by atoms with E-state index in [-0.39, 0.29) is 35.3 Å². The number of H-pyrrole nitrogens is 1. The Hall–Kier alpha value is -2.63. The van der Waals surface area contributed by atoms with Crippen molar-refractivity contribution >= 4 is 29.2 Å². The highest BCUT2D eigenvalue weighted by molar-refractivity contribution is 5.97. The van der Waals surface area contributed by atoms with E-state index in [0.717, 1.165) is 11.1 Å². The fourth-order valence-electron chi connectivity index (χ4n) is 2.70. The normalized spacial score (nSPS) is 11.6. The summed E-state index contributed by atoms with van der Waals surface area (Å²) in [6, 6.07) is 15.5. The summed E-state index contributed by atoms with van der Waals surface area (Å²) in [5.41, 5.74) is 2.75. The van der Waals surface area contributed by atoms with Crippen molar-refractivity contribution in [2.24, 2.45) is 0 Å². The second-order valence-corrected chi connectivity index (χ2v) is 6.01. The first-order valence-electron chi connectivity index (χ1n) is 8.25. The molecule has 0 bridgehead atoms. The van der Waals surface area contributed by atoms with E-state index < -0.39 is 0 Å². The maximum absolute atomic E-state index is 12.4. The van der Waals surface area contributed by atoms with Crippen molar-refractivity contribution in [3.05, 3.63) is 81.6 Å². The van der Waals surface area contributed by atoms with E-state index >= 15 is 0 Å². The van der Waals surface area contributed by atoms with Crippen LogP contribution in [-0.4, -0.2) is 17.9 Å². The molecule has 5 nitrogen and oxygen atoms in total. The van der Waals surface area contributed by atoms with Crippen molar-refractivity contribution in [3.8, 4) is 0 Å². The fraction of sp³-hybridized carbons (Fsp3) is 0.200. The lowest BCUT2D eigenvalue weighted by atomic mass is 10.1.